The molecule has 0 spiro atoms. The predicted molar refractivity (Wildman–Crippen MR) is 85.5 cm³/mol. The van der Waals surface area contributed by atoms with Crippen molar-refractivity contribution in [2.24, 2.45) is 5.92 Å². The first kappa shape index (κ1) is 14.4. The Morgan fingerprint density at radius 3 is 2.78 bits per heavy atom. The molecule has 7 heteroatoms. The second-order valence-corrected chi connectivity index (χ2v) is 6.53. The van der Waals surface area contributed by atoms with Crippen LogP contribution >= 0.6 is 0 Å². The second kappa shape index (κ2) is 5.18. The van der Waals surface area contributed by atoms with Crippen LogP contribution in [0.3, 0.4) is 0 Å². The van der Waals surface area contributed by atoms with Gasteiger partial charge in [-0.3, -0.25) is 14.3 Å². The number of halogens is 1. The minimum Gasteiger partial charge on any atom is -0.354 e. The summed E-state index contributed by atoms with van der Waals surface area (Å²) < 4.78 is 16.0. The van der Waals surface area contributed by atoms with Gasteiger partial charge in [-0.1, -0.05) is 13.3 Å². The molecule has 2 aliphatic rings. The summed E-state index contributed by atoms with van der Waals surface area (Å²) in [5.74, 6) is 0.297. The number of hydrogen-bond donors (Lipinski definition) is 1. The minimum atomic E-state index is -0.576. The van der Waals surface area contributed by atoms with Gasteiger partial charge in [0, 0.05) is 19.1 Å². The van der Waals surface area contributed by atoms with E-state index in [0.29, 0.717) is 11.6 Å². The highest BCUT2D eigenvalue weighted by Gasteiger charge is 2.30. The molecule has 3 heterocycles. The Morgan fingerprint density at radius 1 is 1.35 bits per heavy atom. The molecule has 1 aliphatic heterocycles. The maximum absolute atomic E-state index is 14.5. The van der Waals surface area contributed by atoms with Crippen LogP contribution in [0, 0.1) is 11.7 Å². The Bertz CT molecular complexity index is 884. The largest absolute Gasteiger partial charge is 0.354 e. The van der Waals surface area contributed by atoms with E-state index < -0.39 is 17.1 Å². The average Bonchev–Trinajstić information content (AvgIpc) is 3.23. The van der Waals surface area contributed by atoms with E-state index in [2.05, 4.69) is 16.9 Å². The quantitative estimate of drug-likeness (QED) is 0.937. The summed E-state index contributed by atoms with van der Waals surface area (Å²) in [6.07, 6.45) is 3.84. The monoisotopic (exact) mass is 318 g/mol. The van der Waals surface area contributed by atoms with E-state index in [9.17, 15) is 14.0 Å². The lowest BCUT2D eigenvalue weighted by molar-refractivity contribution is 0.565. The zero-order valence-electron chi connectivity index (χ0n) is 13.0. The summed E-state index contributed by atoms with van der Waals surface area (Å²) in [5.41, 5.74) is -0.729. The Hall–Kier alpha value is -2.18. The lowest BCUT2D eigenvalue weighted by Crippen LogP contribution is -2.31. The van der Waals surface area contributed by atoms with Crippen LogP contribution in [-0.2, 0) is 0 Å². The maximum atomic E-state index is 14.5. The van der Waals surface area contributed by atoms with Crippen LogP contribution < -0.4 is 16.1 Å². The van der Waals surface area contributed by atoms with Gasteiger partial charge in [0.25, 0.3) is 5.56 Å². The van der Waals surface area contributed by atoms with Crippen LogP contribution in [0.15, 0.2) is 15.7 Å². The van der Waals surface area contributed by atoms with Crippen LogP contribution in [0.25, 0.3) is 11.0 Å². The van der Waals surface area contributed by atoms with Gasteiger partial charge in [0.05, 0.1) is 5.39 Å². The van der Waals surface area contributed by atoms with Crippen molar-refractivity contribution < 1.29 is 4.39 Å². The zero-order valence-corrected chi connectivity index (χ0v) is 13.0. The smallest absolute Gasteiger partial charge is 0.330 e. The van der Waals surface area contributed by atoms with E-state index in [1.807, 2.05) is 4.90 Å². The zero-order chi connectivity index (χ0) is 16.1. The maximum Gasteiger partial charge on any atom is 0.330 e. The number of H-pyrrole nitrogens is 1. The molecule has 0 amide bonds. The Morgan fingerprint density at radius 2 is 2.13 bits per heavy atom. The molecule has 2 fully saturated rings. The number of hydrogen-bond acceptors (Lipinski definition) is 4. The van der Waals surface area contributed by atoms with E-state index in [1.54, 1.807) is 0 Å². The molecule has 1 aliphatic carbocycles. The Balaban J connectivity index is 1.90. The van der Waals surface area contributed by atoms with Gasteiger partial charge in [0.2, 0.25) is 0 Å². The van der Waals surface area contributed by atoms with Crippen molar-refractivity contribution in [3.8, 4) is 0 Å². The van der Waals surface area contributed by atoms with E-state index in [-0.39, 0.29) is 17.2 Å². The van der Waals surface area contributed by atoms with Crippen molar-refractivity contribution in [1.82, 2.24) is 14.5 Å². The summed E-state index contributed by atoms with van der Waals surface area (Å²) in [6.45, 7) is 3.65. The normalized spacial score (nSPS) is 21.3. The van der Waals surface area contributed by atoms with Gasteiger partial charge in [0.1, 0.15) is 0 Å². The van der Waals surface area contributed by atoms with Crippen molar-refractivity contribution in [3.63, 3.8) is 0 Å². The SMILES string of the molecule is CC[C@@H]1CCN(c2nc3c(cc2F)c(=O)[nH]c(=O)n3C2CC2)C1. The number of aromatic amines is 1. The standard InChI is InChI=1S/C16H19FN4O2/c1-2-9-5-6-20(8-9)14-12(17)7-11-13(18-14)21(10-3-4-10)16(23)19-15(11)22/h7,9-10H,2-6,8H2,1H3,(H,19,22,23)/t9-/m1/s1. The van der Waals surface area contributed by atoms with Crippen LogP contribution in [0.2, 0.25) is 0 Å². The first-order chi connectivity index (χ1) is 11.1. The lowest BCUT2D eigenvalue weighted by Gasteiger charge is -2.19. The van der Waals surface area contributed by atoms with Crippen LogP contribution in [0.4, 0.5) is 10.2 Å². The number of nitrogens with zero attached hydrogens (tertiary/aromatic N) is 3. The van der Waals surface area contributed by atoms with Crippen molar-refractivity contribution in [3.05, 3.63) is 32.7 Å². The van der Waals surface area contributed by atoms with Gasteiger partial charge in [-0.25, -0.2) is 14.2 Å². The fourth-order valence-electron chi connectivity index (χ4n) is 3.39. The summed E-state index contributed by atoms with van der Waals surface area (Å²) in [4.78, 5) is 32.7. The molecule has 23 heavy (non-hydrogen) atoms. The minimum absolute atomic E-state index is 0.0645. The molecule has 1 atom stereocenters. The van der Waals surface area contributed by atoms with Gasteiger partial charge in [-0.2, -0.15) is 0 Å². The van der Waals surface area contributed by atoms with Crippen LogP contribution in [0.5, 0.6) is 0 Å². The van der Waals surface area contributed by atoms with Crippen molar-refractivity contribution in [1.29, 1.82) is 0 Å². The molecule has 0 aromatic carbocycles. The summed E-state index contributed by atoms with van der Waals surface area (Å²) in [7, 11) is 0. The highest BCUT2D eigenvalue weighted by molar-refractivity contribution is 5.76. The van der Waals surface area contributed by atoms with Gasteiger partial charge < -0.3 is 4.90 Å². The molecule has 0 unspecified atom stereocenters. The number of pyridine rings is 1. The van der Waals surface area contributed by atoms with E-state index in [4.69, 9.17) is 0 Å². The Labute approximate surface area is 132 Å². The molecule has 122 valence electrons. The number of fused-ring (bicyclic) bond motifs is 1. The molecular formula is C16H19FN4O2. The van der Waals surface area contributed by atoms with Gasteiger partial charge in [0.15, 0.2) is 17.3 Å². The first-order valence-corrected chi connectivity index (χ1v) is 8.18. The molecule has 1 N–H and O–H groups in total. The second-order valence-electron chi connectivity index (χ2n) is 6.53. The molecule has 0 radical (unpaired) electrons. The third-order valence-corrected chi connectivity index (χ3v) is 4.92. The topological polar surface area (TPSA) is 71.0 Å². The summed E-state index contributed by atoms with van der Waals surface area (Å²) in [6, 6.07) is 1.28. The van der Waals surface area contributed by atoms with Crippen LogP contribution in [-0.4, -0.2) is 27.6 Å². The number of nitrogens with one attached hydrogen (secondary N) is 1. The van der Waals surface area contributed by atoms with Gasteiger partial charge in [-0.15, -0.1) is 0 Å². The average molecular weight is 318 g/mol. The highest BCUT2D eigenvalue weighted by Crippen LogP contribution is 2.35. The van der Waals surface area contributed by atoms with Crippen molar-refractivity contribution in [2.45, 2.75) is 38.6 Å². The van der Waals surface area contributed by atoms with E-state index >= 15 is 0 Å². The van der Waals surface area contributed by atoms with Crippen molar-refractivity contribution >= 4 is 16.9 Å². The number of anilines is 1. The third kappa shape index (κ3) is 2.34. The van der Waals surface area contributed by atoms with E-state index in [1.165, 1.54) is 10.6 Å². The molecule has 6 nitrogen and oxygen atoms in total. The molecule has 1 saturated carbocycles. The lowest BCUT2D eigenvalue weighted by atomic mass is 10.1. The number of rotatable bonds is 3. The fourth-order valence-corrected chi connectivity index (χ4v) is 3.39. The molecule has 4 rings (SSSR count). The highest BCUT2D eigenvalue weighted by atomic mass is 19.1. The van der Waals surface area contributed by atoms with Gasteiger partial charge in [-0.05, 0) is 31.2 Å². The van der Waals surface area contributed by atoms with Crippen molar-refractivity contribution in [2.75, 3.05) is 18.0 Å². The van der Waals surface area contributed by atoms with E-state index in [0.717, 1.165) is 38.8 Å². The molecule has 1 saturated heterocycles. The Kier molecular flexibility index (Phi) is 3.25. The summed E-state index contributed by atoms with van der Waals surface area (Å²) >= 11 is 0. The molecule has 0 bridgehead atoms. The molecule has 2 aromatic rings. The third-order valence-electron chi connectivity index (χ3n) is 4.92. The summed E-state index contributed by atoms with van der Waals surface area (Å²) in [5, 5.41) is 0.143. The molecule has 2 aromatic heterocycles. The fraction of sp³-hybridized carbons (Fsp3) is 0.562. The number of aromatic nitrogens is 3. The molecular weight excluding hydrogens is 299 g/mol. The van der Waals surface area contributed by atoms with Gasteiger partial charge >= 0.3 is 5.69 Å². The predicted octanol–water partition coefficient (Wildman–Crippen LogP) is 1.80. The van der Waals surface area contributed by atoms with Crippen LogP contribution in [0.1, 0.15) is 38.6 Å². The first-order valence-electron chi connectivity index (χ1n) is 8.18.